The molecule has 25 heavy (non-hydrogen) atoms. The third kappa shape index (κ3) is 3.52. The molecule has 0 aliphatic carbocycles. The Morgan fingerprint density at radius 3 is 2.64 bits per heavy atom. The van der Waals surface area contributed by atoms with E-state index < -0.39 is 0 Å². The second-order valence-electron chi connectivity index (χ2n) is 5.03. The summed E-state index contributed by atoms with van der Waals surface area (Å²) in [6.07, 6.45) is 3.00. The van der Waals surface area contributed by atoms with Crippen LogP contribution in [0, 0.1) is 5.82 Å². The summed E-state index contributed by atoms with van der Waals surface area (Å²) in [7, 11) is 0. The van der Waals surface area contributed by atoms with Crippen molar-refractivity contribution in [3.63, 3.8) is 0 Å². The van der Waals surface area contributed by atoms with Crippen molar-refractivity contribution in [2.75, 3.05) is 5.32 Å². The summed E-state index contributed by atoms with van der Waals surface area (Å²) in [5, 5.41) is 4.08. The van der Waals surface area contributed by atoms with Gasteiger partial charge < -0.3 is 10.1 Å². The first kappa shape index (κ1) is 15.7. The zero-order valence-corrected chi connectivity index (χ0v) is 14.2. The van der Waals surface area contributed by atoms with E-state index >= 15 is 0 Å². The van der Waals surface area contributed by atoms with E-state index in [2.05, 4.69) is 20.3 Å². The Balaban J connectivity index is 1.50. The van der Waals surface area contributed by atoms with Crippen LogP contribution in [0.5, 0.6) is 11.6 Å². The monoisotopic (exact) mass is 372 g/mol. The van der Waals surface area contributed by atoms with Gasteiger partial charge in [-0.2, -0.15) is 0 Å². The second kappa shape index (κ2) is 6.62. The van der Waals surface area contributed by atoms with E-state index in [1.807, 2.05) is 12.1 Å². The second-order valence-corrected chi connectivity index (χ2v) is 6.42. The van der Waals surface area contributed by atoms with E-state index in [4.69, 9.17) is 16.3 Å². The van der Waals surface area contributed by atoms with Gasteiger partial charge in [-0.15, -0.1) is 0 Å². The number of anilines is 2. The SMILES string of the molecule is Fc1ccc2sc(Nc3ccc(Oc4nccnc4Cl)cc3)nc2c1. The van der Waals surface area contributed by atoms with Gasteiger partial charge in [-0.05, 0) is 36.4 Å². The van der Waals surface area contributed by atoms with Crippen molar-refractivity contribution < 1.29 is 9.13 Å². The summed E-state index contributed by atoms with van der Waals surface area (Å²) in [5.41, 5.74) is 1.46. The van der Waals surface area contributed by atoms with Gasteiger partial charge >= 0.3 is 0 Å². The molecule has 0 unspecified atom stereocenters. The highest BCUT2D eigenvalue weighted by Gasteiger charge is 2.07. The topological polar surface area (TPSA) is 59.9 Å². The molecule has 4 aromatic rings. The minimum atomic E-state index is -0.298. The molecule has 5 nitrogen and oxygen atoms in total. The number of nitrogens with one attached hydrogen (secondary N) is 1. The van der Waals surface area contributed by atoms with Crippen LogP contribution in [-0.4, -0.2) is 15.0 Å². The molecule has 2 aromatic heterocycles. The van der Waals surface area contributed by atoms with Crippen molar-refractivity contribution in [3.8, 4) is 11.6 Å². The molecule has 0 fully saturated rings. The van der Waals surface area contributed by atoms with E-state index in [0.29, 0.717) is 16.4 Å². The summed E-state index contributed by atoms with van der Waals surface area (Å²) in [5.74, 6) is 0.533. The summed E-state index contributed by atoms with van der Waals surface area (Å²) >= 11 is 7.37. The van der Waals surface area contributed by atoms with Crippen molar-refractivity contribution in [1.29, 1.82) is 0 Å². The van der Waals surface area contributed by atoms with E-state index in [9.17, 15) is 4.39 Å². The van der Waals surface area contributed by atoms with Crippen LogP contribution in [0.15, 0.2) is 54.9 Å². The summed E-state index contributed by atoms with van der Waals surface area (Å²) in [4.78, 5) is 12.3. The Morgan fingerprint density at radius 2 is 1.84 bits per heavy atom. The Morgan fingerprint density at radius 1 is 1.04 bits per heavy atom. The molecule has 0 amide bonds. The average Bonchev–Trinajstić information content (AvgIpc) is 3.00. The first-order valence-electron chi connectivity index (χ1n) is 7.25. The van der Waals surface area contributed by atoms with Crippen LogP contribution in [0.3, 0.4) is 0 Å². The maximum Gasteiger partial charge on any atom is 0.257 e. The van der Waals surface area contributed by atoms with Crippen molar-refractivity contribution >= 4 is 44.0 Å². The Hall–Kier alpha value is -2.77. The molecule has 4 rings (SSSR count). The van der Waals surface area contributed by atoms with Crippen LogP contribution in [-0.2, 0) is 0 Å². The molecule has 8 heteroatoms. The molecule has 0 aliphatic heterocycles. The number of nitrogens with zero attached hydrogens (tertiary/aromatic N) is 3. The lowest BCUT2D eigenvalue weighted by Gasteiger charge is -2.07. The lowest BCUT2D eigenvalue weighted by Crippen LogP contribution is -1.92. The zero-order valence-electron chi connectivity index (χ0n) is 12.6. The van der Waals surface area contributed by atoms with Gasteiger partial charge in [0.05, 0.1) is 10.2 Å². The van der Waals surface area contributed by atoms with Crippen LogP contribution in [0.1, 0.15) is 0 Å². The van der Waals surface area contributed by atoms with E-state index in [1.54, 1.807) is 18.2 Å². The third-order valence-electron chi connectivity index (χ3n) is 3.29. The summed E-state index contributed by atoms with van der Waals surface area (Å²) in [6.45, 7) is 0. The number of rotatable bonds is 4. The zero-order chi connectivity index (χ0) is 17.2. The standard InChI is InChI=1S/C17H10ClFN4OS/c18-15-16(21-8-7-20-15)24-12-4-2-11(3-5-12)22-17-23-13-9-10(19)1-6-14(13)25-17/h1-9H,(H,22,23). The van der Waals surface area contributed by atoms with E-state index in [0.717, 1.165) is 10.4 Å². The highest BCUT2D eigenvalue weighted by Crippen LogP contribution is 2.30. The van der Waals surface area contributed by atoms with Gasteiger partial charge in [-0.25, -0.2) is 19.3 Å². The van der Waals surface area contributed by atoms with Gasteiger partial charge in [-0.3, -0.25) is 0 Å². The minimum Gasteiger partial charge on any atom is -0.436 e. The number of aromatic nitrogens is 3. The average molecular weight is 373 g/mol. The van der Waals surface area contributed by atoms with Crippen molar-refractivity contribution in [2.45, 2.75) is 0 Å². The molecular formula is C17H10ClFN4OS. The highest BCUT2D eigenvalue weighted by molar-refractivity contribution is 7.22. The Kier molecular flexibility index (Phi) is 4.17. The van der Waals surface area contributed by atoms with Crippen LogP contribution >= 0.6 is 22.9 Å². The van der Waals surface area contributed by atoms with Crippen LogP contribution in [0.25, 0.3) is 10.2 Å². The van der Waals surface area contributed by atoms with Crippen molar-refractivity contribution in [1.82, 2.24) is 15.0 Å². The van der Waals surface area contributed by atoms with Gasteiger partial charge in [0.15, 0.2) is 10.3 Å². The van der Waals surface area contributed by atoms with Crippen LogP contribution < -0.4 is 10.1 Å². The molecule has 0 aliphatic rings. The van der Waals surface area contributed by atoms with Gasteiger partial charge in [0, 0.05) is 24.1 Å². The first-order valence-corrected chi connectivity index (χ1v) is 8.44. The van der Waals surface area contributed by atoms with Crippen molar-refractivity contribution in [2.24, 2.45) is 0 Å². The lowest BCUT2D eigenvalue weighted by molar-refractivity contribution is 0.460. The van der Waals surface area contributed by atoms with Gasteiger partial charge in [-0.1, -0.05) is 22.9 Å². The predicted molar refractivity (Wildman–Crippen MR) is 96.4 cm³/mol. The minimum absolute atomic E-state index is 0.200. The largest absolute Gasteiger partial charge is 0.436 e. The maximum absolute atomic E-state index is 13.2. The quantitative estimate of drug-likeness (QED) is 0.518. The summed E-state index contributed by atoms with van der Waals surface area (Å²) < 4.78 is 19.7. The van der Waals surface area contributed by atoms with Crippen LogP contribution in [0.4, 0.5) is 15.2 Å². The molecule has 0 radical (unpaired) electrons. The molecule has 124 valence electrons. The van der Waals surface area contributed by atoms with Crippen molar-refractivity contribution in [3.05, 3.63) is 65.8 Å². The number of halogens is 2. The van der Waals surface area contributed by atoms with E-state index in [-0.39, 0.29) is 16.9 Å². The normalized spacial score (nSPS) is 10.8. The number of fused-ring (bicyclic) bond motifs is 1. The number of benzene rings is 2. The lowest BCUT2D eigenvalue weighted by atomic mass is 10.3. The fourth-order valence-electron chi connectivity index (χ4n) is 2.17. The molecule has 0 spiro atoms. The van der Waals surface area contributed by atoms with Crippen LogP contribution in [0.2, 0.25) is 5.15 Å². The molecule has 2 heterocycles. The number of thiazole rings is 1. The van der Waals surface area contributed by atoms with Gasteiger partial charge in [0.25, 0.3) is 5.88 Å². The van der Waals surface area contributed by atoms with E-state index in [1.165, 1.54) is 35.9 Å². The first-order chi connectivity index (χ1) is 12.2. The van der Waals surface area contributed by atoms with Gasteiger partial charge in [0.2, 0.25) is 0 Å². The fourth-order valence-corrected chi connectivity index (χ4v) is 3.18. The Bertz CT molecular complexity index is 1040. The molecule has 0 saturated heterocycles. The smallest absolute Gasteiger partial charge is 0.257 e. The fraction of sp³-hybridized carbons (Fsp3) is 0. The molecule has 0 bridgehead atoms. The Labute approximate surface area is 151 Å². The maximum atomic E-state index is 13.2. The molecule has 0 atom stereocenters. The number of ether oxygens (including phenoxy) is 1. The highest BCUT2D eigenvalue weighted by atomic mass is 35.5. The molecule has 0 saturated carbocycles. The predicted octanol–water partition coefficient (Wildman–Crippen LogP) is 5.41. The molecular weight excluding hydrogens is 363 g/mol. The molecule has 1 N–H and O–H groups in total. The molecule has 2 aromatic carbocycles. The summed E-state index contributed by atoms with van der Waals surface area (Å²) in [6, 6.07) is 11.8. The van der Waals surface area contributed by atoms with Gasteiger partial charge in [0.1, 0.15) is 11.6 Å². The third-order valence-corrected chi connectivity index (χ3v) is 4.50. The number of hydrogen-bond acceptors (Lipinski definition) is 6. The number of hydrogen-bond donors (Lipinski definition) is 1.